The van der Waals surface area contributed by atoms with E-state index in [2.05, 4.69) is 9.71 Å². The van der Waals surface area contributed by atoms with Crippen molar-refractivity contribution in [3.63, 3.8) is 0 Å². The molecule has 1 aromatic heterocycles. The Bertz CT molecular complexity index is 579. The Kier molecular flexibility index (Phi) is 4.86. The molecule has 0 saturated carbocycles. The van der Waals surface area contributed by atoms with Crippen molar-refractivity contribution in [1.29, 1.82) is 0 Å². The zero-order valence-electron chi connectivity index (χ0n) is 8.46. The summed E-state index contributed by atoms with van der Waals surface area (Å²) in [4.78, 5) is 3.60. The number of aromatic nitrogens is 1. The Morgan fingerprint density at radius 3 is 2.53 bits per heavy atom. The number of thiazole rings is 1. The molecule has 1 aromatic rings. The van der Waals surface area contributed by atoms with Gasteiger partial charge in [0.1, 0.15) is 0 Å². The number of nitrogens with one attached hydrogen (secondary N) is 1. The van der Waals surface area contributed by atoms with Crippen LogP contribution < -0.4 is 9.86 Å². The summed E-state index contributed by atoms with van der Waals surface area (Å²) < 4.78 is 46.7. The molecular weight excluding hydrogens is 310 g/mol. The summed E-state index contributed by atoms with van der Waals surface area (Å²) in [5, 5.41) is 4.77. The molecule has 0 aliphatic carbocycles. The standard InChI is InChI=1S/C6H10ClN3O4S3/c7-6-9-4-5(15-6)17(13,14)10-2-1-3-16(8,11)12/h4,10H,1-3H2,(H2,8,11,12). The van der Waals surface area contributed by atoms with Crippen LogP contribution >= 0.6 is 22.9 Å². The Balaban J connectivity index is 2.52. The molecule has 11 heteroatoms. The van der Waals surface area contributed by atoms with Gasteiger partial charge in [-0.15, -0.1) is 0 Å². The first-order valence-electron chi connectivity index (χ1n) is 4.32. The van der Waals surface area contributed by atoms with E-state index in [-0.39, 0.29) is 27.4 Å². The highest BCUT2D eigenvalue weighted by Crippen LogP contribution is 2.21. The minimum atomic E-state index is -3.67. The van der Waals surface area contributed by atoms with E-state index in [0.717, 1.165) is 17.5 Å². The summed E-state index contributed by atoms with van der Waals surface area (Å²) in [6.45, 7) is -0.0196. The third-order valence-electron chi connectivity index (χ3n) is 1.62. The van der Waals surface area contributed by atoms with Gasteiger partial charge in [0.2, 0.25) is 10.0 Å². The van der Waals surface area contributed by atoms with Gasteiger partial charge < -0.3 is 0 Å². The predicted molar refractivity (Wildman–Crippen MR) is 64.9 cm³/mol. The van der Waals surface area contributed by atoms with Crippen molar-refractivity contribution >= 4 is 43.0 Å². The maximum Gasteiger partial charge on any atom is 0.251 e. The number of primary sulfonamides is 1. The van der Waals surface area contributed by atoms with E-state index in [1.807, 2.05) is 0 Å². The second-order valence-electron chi connectivity index (χ2n) is 3.05. The SMILES string of the molecule is NS(=O)(=O)CCCNS(=O)(=O)c1cnc(Cl)s1. The van der Waals surface area contributed by atoms with Gasteiger partial charge in [0.25, 0.3) is 10.0 Å². The average molecular weight is 320 g/mol. The molecule has 0 aliphatic heterocycles. The molecule has 0 unspecified atom stereocenters. The molecule has 3 N–H and O–H groups in total. The van der Waals surface area contributed by atoms with Crippen LogP contribution in [0.5, 0.6) is 0 Å². The lowest BCUT2D eigenvalue weighted by Gasteiger charge is -2.03. The van der Waals surface area contributed by atoms with Gasteiger partial charge in [-0.1, -0.05) is 22.9 Å². The molecule has 0 spiro atoms. The normalized spacial score (nSPS) is 12.8. The molecule has 1 rings (SSSR count). The van der Waals surface area contributed by atoms with Crippen LogP contribution in [0, 0.1) is 0 Å². The maximum absolute atomic E-state index is 11.6. The summed E-state index contributed by atoms with van der Waals surface area (Å²) in [6.07, 6.45) is 1.24. The van der Waals surface area contributed by atoms with Gasteiger partial charge in [-0.25, -0.2) is 31.7 Å². The highest BCUT2D eigenvalue weighted by Gasteiger charge is 2.17. The molecule has 0 aromatic carbocycles. The van der Waals surface area contributed by atoms with Crippen molar-refractivity contribution in [2.45, 2.75) is 10.6 Å². The van der Waals surface area contributed by atoms with Crippen molar-refractivity contribution in [3.05, 3.63) is 10.7 Å². The predicted octanol–water partition coefficient (Wildman–Crippen LogP) is -0.247. The van der Waals surface area contributed by atoms with E-state index in [1.54, 1.807) is 0 Å². The van der Waals surface area contributed by atoms with E-state index in [9.17, 15) is 16.8 Å². The number of nitrogens with two attached hydrogens (primary N) is 1. The molecule has 0 fully saturated rings. The second-order valence-corrected chi connectivity index (χ2v) is 8.39. The molecule has 0 saturated heterocycles. The van der Waals surface area contributed by atoms with Crippen LogP contribution in [0.15, 0.2) is 10.4 Å². The average Bonchev–Trinajstić information content (AvgIpc) is 2.59. The quantitative estimate of drug-likeness (QED) is 0.701. The number of nitrogens with zero attached hydrogens (tertiary/aromatic N) is 1. The Morgan fingerprint density at radius 1 is 1.41 bits per heavy atom. The van der Waals surface area contributed by atoms with Crippen LogP contribution in [0.25, 0.3) is 0 Å². The molecule has 1 heterocycles. The minimum Gasteiger partial charge on any atom is -0.232 e. The molecule has 0 amide bonds. The lowest BCUT2D eigenvalue weighted by molar-refractivity contribution is 0.578. The highest BCUT2D eigenvalue weighted by molar-refractivity contribution is 7.91. The number of hydrogen-bond acceptors (Lipinski definition) is 6. The van der Waals surface area contributed by atoms with Crippen LogP contribution in [0.4, 0.5) is 0 Å². The van der Waals surface area contributed by atoms with Gasteiger partial charge >= 0.3 is 0 Å². The Labute approximate surface area is 108 Å². The molecular formula is C6H10ClN3O4S3. The lowest BCUT2D eigenvalue weighted by atomic mass is 10.5. The molecule has 7 nitrogen and oxygen atoms in total. The van der Waals surface area contributed by atoms with Crippen molar-refractivity contribution in [1.82, 2.24) is 9.71 Å². The zero-order valence-corrected chi connectivity index (χ0v) is 11.7. The van der Waals surface area contributed by atoms with Crippen molar-refractivity contribution in [2.75, 3.05) is 12.3 Å². The first-order chi connectivity index (χ1) is 7.71. The smallest absolute Gasteiger partial charge is 0.232 e. The summed E-state index contributed by atoms with van der Waals surface area (Å²) in [7, 11) is -7.24. The largest absolute Gasteiger partial charge is 0.251 e. The van der Waals surface area contributed by atoms with Gasteiger partial charge in [0.05, 0.1) is 11.9 Å². The van der Waals surface area contributed by atoms with Crippen molar-refractivity contribution in [2.24, 2.45) is 5.14 Å². The lowest BCUT2D eigenvalue weighted by Crippen LogP contribution is -2.27. The first kappa shape index (κ1) is 14.8. The minimum absolute atomic E-state index is 0.0156. The van der Waals surface area contributed by atoms with Crippen LogP contribution in [0.3, 0.4) is 0 Å². The van der Waals surface area contributed by atoms with E-state index in [1.165, 1.54) is 0 Å². The number of rotatable bonds is 6. The van der Waals surface area contributed by atoms with Crippen LogP contribution in [0.2, 0.25) is 4.47 Å². The van der Waals surface area contributed by atoms with Gasteiger partial charge in [0.15, 0.2) is 8.68 Å². The fraction of sp³-hybridized carbons (Fsp3) is 0.500. The van der Waals surface area contributed by atoms with E-state index < -0.39 is 20.0 Å². The monoisotopic (exact) mass is 319 g/mol. The summed E-state index contributed by atoms with van der Waals surface area (Å²) in [6, 6.07) is 0. The third-order valence-corrected chi connectivity index (χ3v) is 5.51. The van der Waals surface area contributed by atoms with Crippen LogP contribution in [-0.2, 0) is 20.0 Å². The summed E-state index contributed by atoms with van der Waals surface area (Å²) in [5.41, 5.74) is 0. The Hall–Kier alpha value is -0.260. The third kappa shape index (κ3) is 5.27. The molecule has 0 bridgehead atoms. The molecule has 0 atom stereocenters. The molecule has 0 radical (unpaired) electrons. The van der Waals surface area contributed by atoms with E-state index in [4.69, 9.17) is 16.7 Å². The molecule has 0 aliphatic rings. The second kappa shape index (κ2) is 5.59. The maximum atomic E-state index is 11.6. The molecule has 98 valence electrons. The van der Waals surface area contributed by atoms with Gasteiger partial charge in [0, 0.05) is 6.54 Å². The van der Waals surface area contributed by atoms with Crippen LogP contribution in [-0.4, -0.2) is 34.1 Å². The number of sulfonamides is 2. The topological polar surface area (TPSA) is 119 Å². The van der Waals surface area contributed by atoms with Crippen molar-refractivity contribution < 1.29 is 16.8 Å². The summed E-state index contributed by atoms with van der Waals surface area (Å²) in [5.74, 6) is -0.279. The van der Waals surface area contributed by atoms with Gasteiger partial charge in [-0.05, 0) is 6.42 Å². The van der Waals surface area contributed by atoms with Gasteiger partial charge in [-0.3, -0.25) is 0 Å². The highest BCUT2D eigenvalue weighted by atomic mass is 35.5. The van der Waals surface area contributed by atoms with Gasteiger partial charge in [-0.2, -0.15) is 0 Å². The first-order valence-corrected chi connectivity index (χ1v) is 8.71. The fourth-order valence-electron chi connectivity index (χ4n) is 0.914. The zero-order chi connectivity index (χ0) is 13.1. The van der Waals surface area contributed by atoms with E-state index >= 15 is 0 Å². The molecule has 17 heavy (non-hydrogen) atoms. The number of halogens is 1. The Morgan fingerprint density at radius 2 is 2.06 bits per heavy atom. The van der Waals surface area contributed by atoms with Crippen LogP contribution in [0.1, 0.15) is 6.42 Å². The van der Waals surface area contributed by atoms with Crippen molar-refractivity contribution in [3.8, 4) is 0 Å². The number of hydrogen-bond donors (Lipinski definition) is 2. The fourth-order valence-corrected chi connectivity index (χ4v) is 3.87. The summed E-state index contributed by atoms with van der Waals surface area (Å²) >= 11 is 6.33. The van der Waals surface area contributed by atoms with E-state index in [0.29, 0.717) is 0 Å².